The summed E-state index contributed by atoms with van der Waals surface area (Å²) in [5.41, 5.74) is 6.59. The number of nitrogens with two attached hydrogens (primary N) is 1. The molecule has 1 amide bonds. The molecular formula is C16H24N2O2. The molecule has 0 bridgehead atoms. The summed E-state index contributed by atoms with van der Waals surface area (Å²) in [6.07, 6.45) is 3.35. The second-order valence-corrected chi connectivity index (χ2v) is 5.35. The van der Waals surface area contributed by atoms with E-state index in [9.17, 15) is 4.79 Å². The average molecular weight is 276 g/mol. The van der Waals surface area contributed by atoms with Crippen LogP contribution in [0.1, 0.15) is 37.8 Å². The Labute approximate surface area is 120 Å². The zero-order valence-corrected chi connectivity index (χ0v) is 12.1. The molecule has 0 radical (unpaired) electrons. The molecule has 1 aliphatic heterocycles. The lowest BCUT2D eigenvalue weighted by atomic mass is 10.00. The maximum atomic E-state index is 11.9. The van der Waals surface area contributed by atoms with E-state index in [4.69, 9.17) is 10.5 Å². The van der Waals surface area contributed by atoms with Gasteiger partial charge in [-0.15, -0.1) is 0 Å². The van der Waals surface area contributed by atoms with E-state index in [0.717, 1.165) is 44.5 Å². The molecule has 1 aromatic carbocycles. The van der Waals surface area contributed by atoms with Gasteiger partial charge in [-0.25, -0.2) is 0 Å². The van der Waals surface area contributed by atoms with Gasteiger partial charge in [0.1, 0.15) is 6.04 Å². The van der Waals surface area contributed by atoms with Crippen molar-refractivity contribution in [1.82, 2.24) is 4.90 Å². The van der Waals surface area contributed by atoms with Crippen LogP contribution >= 0.6 is 0 Å². The molecule has 1 heterocycles. The highest BCUT2D eigenvalue weighted by atomic mass is 16.5. The summed E-state index contributed by atoms with van der Waals surface area (Å²) in [6, 6.07) is 9.42. The van der Waals surface area contributed by atoms with E-state index in [-0.39, 0.29) is 18.1 Å². The number of carbonyl (C=O) groups is 1. The van der Waals surface area contributed by atoms with Crippen molar-refractivity contribution in [3.8, 4) is 0 Å². The van der Waals surface area contributed by atoms with Crippen LogP contribution in [0.25, 0.3) is 0 Å². The van der Waals surface area contributed by atoms with Crippen molar-refractivity contribution >= 4 is 5.91 Å². The number of ether oxygens (including phenoxy) is 1. The van der Waals surface area contributed by atoms with Gasteiger partial charge in [0.25, 0.3) is 0 Å². The van der Waals surface area contributed by atoms with Crippen molar-refractivity contribution in [3.63, 3.8) is 0 Å². The van der Waals surface area contributed by atoms with Crippen LogP contribution in [0.2, 0.25) is 0 Å². The van der Waals surface area contributed by atoms with Crippen LogP contribution < -0.4 is 5.73 Å². The molecule has 2 atom stereocenters. The molecule has 20 heavy (non-hydrogen) atoms. The van der Waals surface area contributed by atoms with Crippen LogP contribution in [0.15, 0.2) is 30.3 Å². The number of primary amides is 1. The Morgan fingerprint density at radius 1 is 1.45 bits per heavy atom. The monoisotopic (exact) mass is 276 g/mol. The molecular weight excluding hydrogens is 252 g/mol. The number of likely N-dealkylation sites (tertiary alicyclic amines) is 1. The second-order valence-electron chi connectivity index (χ2n) is 5.35. The van der Waals surface area contributed by atoms with Gasteiger partial charge in [0.2, 0.25) is 5.91 Å². The molecule has 1 saturated heterocycles. The maximum absolute atomic E-state index is 11.9. The van der Waals surface area contributed by atoms with Gasteiger partial charge in [0, 0.05) is 13.2 Å². The average Bonchev–Trinajstić information content (AvgIpc) is 2.46. The Kier molecular flexibility index (Phi) is 5.56. The molecule has 0 unspecified atom stereocenters. The van der Waals surface area contributed by atoms with Crippen molar-refractivity contribution in [2.45, 2.75) is 38.3 Å². The topological polar surface area (TPSA) is 55.6 Å². The Morgan fingerprint density at radius 3 is 2.85 bits per heavy atom. The smallest absolute Gasteiger partial charge is 0.239 e. The van der Waals surface area contributed by atoms with Crippen LogP contribution in [0, 0.1) is 0 Å². The third kappa shape index (κ3) is 3.81. The highest BCUT2D eigenvalue weighted by Gasteiger charge is 2.30. The lowest BCUT2D eigenvalue weighted by Gasteiger charge is -2.36. The van der Waals surface area contributed by atoms with Crippen molar-refractivity contribution in [2.75, 3.05) is 19.7 Å². The number of carbonyl (C=O) groups excluding carboxylic acids is 1. The van der Waals surface area contributed by atoms with Gasteiger partial charge >= 0.3 is 0 Å². The molecule has 0 aliphatic carbocycles. The minimum Gasteiger partial charge on any atom is -0.377 e. The van der Waals surface area contributed by atoms with E-state index in [1.165, 1.54) is 0 Å². The number of rotatable bonds is 6. The molecule has 4 nitrogen and oxygen atoms in total. The van der Waals surface area contributed by atoms with Gasteiger partial charge in [-0.05, 0) is 31.4 Å². The zero-order chi connectivity index (χ0) is 14.4. The first-order valence-electron chi connectivity index (χ1n) is 7.42. The van der Waals surface area contributed by atoms with Crippen molar-refractivity contribution in [3.05, 3.63) is 35.9 Å². The standard InChI is InChI=1S/C16H24N2O2/c1-2-11-20-14-9-6-10-18(12-14)15(16(17)19)13-7-4-3-5-8-13/h3-5,7-8,14-15H,2,6,9-12H2,1H3,(H2,17,19)/t14-,15+/m0/s1. The normalized spacial score (nSPS) is 21.6. The van der Waals surface area contributed by atoms with Gasteiger partial charge in [-0.2, -0.15) is 0 Å². The molecule has 1 aliphatic rings. The Bertz CT molecular complexity index is 422. The first-order chi connectivity index (χ1) is 9.72. The van der Waals surface area contributed by atoms with E-state index in [1.807, 2.05) is 30.3 Å². The molecule has 0 spiro atoms. The fraction of sp³-hybridized carbons (Fsp3) is 0.562. The van der Waals surface area contributed by atoms with Crippen molar-refractivity contribution < 1.29 is 9.53 Å². The molecule has 2 rings (SSSR count). The fourth-order valence-corrected chi connectivity index (χ4v) is 2.81. The van der Waals surface area contributed by atoms with Crippen LogP contribution in [0.5, 0.6) is 0 Å². The van der Waals surface area contributed by atoms with E-state index in [2.05, 4.69) is 11.8 Å². The Balaban J connectivity index is 2.07. The van der Waals surface area contributed by atoms with Gasteiger partial charge in [-0.3, -0.25) is 9.69 Å². The van der Waals surface area contributed by atoms with Gasteiger partial charge in [-0.1, -0.05) is 37.3 Å². The first kappa shape index (κ1) is 15.0. The number of benzene rings is 1. The van der Waals surface area contributed by atoms with E-state index in [0.29, 0.717) is 0 Å². The lowest BCUT2D eigenvalue weighted by molar-refractivity contribution is -0.125. The highest BCUT2D eigenvalue weighted by Crippen LogP contribution is 2.25. The first-order valence-corrected chi connectivity index (χ1v) is 7.42. The summed E-state index contributed by atoms with van der Waals surface area (Å²) in [6.45, 7) is 4.57. The lowest BCUT2D eigenvalue weighted by Crippen LogP contribution is -2.46. The molecule has 110 valence electrons. The second kappa shape index (κ2) is 7.41. The van der Waals surface area contributed by atoms with Crippen LogP contribution in [-0.2, 0) is 9.53 Å². The minimum atomic E-state index is -0.343. The largest absolute Gasteiger partial charge is 0.377 e. The Morgan fingerprint density at radius 2 is 2.20 bits per heavy atom. The summed E-state index contributed by atoms with van der Waals surface area (Å²) < 4.78 is 5.83. The fourth-order valence-electron chi connectivity index (χ4n) is 2.81. The van der Waals surface area contributed by atoms with Crippen molar-refractivity contribution in [2.24, 2.45) is 5.73 Å². The van der Waals surface area contributed by atoms with E-state index in [1.54, 1.807) is 0 Å². The molecule has 1 aromatic rings. The van der Waals surface area contributed by atoms with Gasteiger partial charge < -0.3 is 10.5 Å². The summed E-state index contributed by atoms with van der Waals surface area (Å²) in [7, 11) is 0. The third-order valence-corrected chi connectivity index (χ3v) is 3.72. The molecule has 4 heteroatoms. The summed E-state index contributed by atoms with van der Waals surface area (Å²) in [5.74, 6) is -0.285. The number of hydrogen-bond donors (Lipinski definition) is 1. The predicted octanol–water partition coefficient (Wildman–Crippen LogP) is 2.10. The van der Waals surface area contributed by atoms with Crippen LogP contribution in [-0.4, -0.2) is 36.6 Å². The molecule has 1 fully saturated rings. The van der Waals surface area contributed by atoms with Crippen LogP contribution in [0.4, 0.5) is 0 Å². The summed E-state index contributed by atoms with van der Waals surface area (Å²) >= 11 is 0. The van der Waals surface area contributed by atoms with Crippen LogP contribution in [0.3, 0.4) is 0 Å². The van der Waals surface area contributed by atoms with E-state index >= 15 is 0 Å². The van der Waals surface area contributed by atoms with Crippen molar-refractivity contribution in [1.29, 1.82) is 0 Å². The number of nitrogens with zero attached hydrogens (tertiary/aromatic N) is 1. The number of hydrogen-bond acceptors (Lipinski definition) is 3. The van der Waals surface area contributed by atoms with Gasteiger partial charge in [0.15, 0.2) is 0 Å². The maximum Gasteiger partial charge on any atom is 0.239 e. The quantitative estimate of drug-likeness (QED) is 0.865. The molecule has 0 saturated carbocycles. The highest BCUT2D eigenvalue weighted by molar-refractivity contribution is 5.81. The molecule has 2 N–H and O–H groups in total. The summed E-state index contributed by atoms with van der Waals surface area (Å²) in [4.78, 5) is 14.0. The number of piperidine rings is 1. The molecule has 0 aromatic heterocycles. The van der Waals surface area contributed by atoms with Gasteiger partial charge in [0.05, 0.1) is 6.10 Å². The predicted molar refractivity (Wildman–Crippen MR) is 79.2 cm³/mol. The van der Waals surface area contributed by atoms with E-state index < -0.39 is 0 Å². The minimum absolute atomic E-state index is 0.217. The number of amides is 1. The summed E-state index contributed by atoms with van der Waals surface area (Å²) in [5, 5.41) is 0. The third-order valence-electron chi connectivity index (χ3n) is 3.72. The Hall–Kier alpha value is -1.39. The SMILES string of the molecule is CCCO[C@H]1CCCN([C@@H](C(N)=O)c2ccccc2)C1. The zero-order valence-electron chi connectivity index (χ0n) is 12.1.